The molecule has 5 heteroatoms. The summed E-state index contributed by atoms with van der Waals surface area (Å²) in [6, 6.07) is 7.51. The van der Waals surface area contributed by atoms with E-state index in [0.717, 1.165) is 16.3 Å². The molecule has 0 aliphatic carbocycles. The molecule has 0 fully saturated rings. The van der Waals surface area contributed by atoms with E-state index < -0.39 is 5.97 Å². The highest BCUT2D eigenvalue weighted by Gasteiger charge is 2.11. The van der Waals surface area contributed by atoms with Crippen LogP contribution < -0.4 is 0 Å². The lowest BCUT2D eigenvalue weighted by Crippen LogP contribution is -1.95. The average Bonchev–Trinajstić information content (AvgIpc) is 2.96. The van der Waals surface area contributed by atoms with Crippen molar-refractivity contribution in [3.8, 4) is 11.3 Å². The number of fused-ring (bicyclic) bond motifs is 1. The van der Waals surface area contributed by atoms with Gasteiger partial charge in [0.1, 0.15) is 5.69 Å². The molecule has 0 aliphatic rings. The molecule has 3 rings (SSSR count). The fourth-order valence-corrected chi connectivity index (χ4v) is 2.40. The van der Waals surface area contributed by atoms with E-state index in [1.165, 1.54) is 11.6 Å². The third-order valence-corrected chi connectivity index (χ3v) is 3.52. The van der Waals surface area contributed by atoms with E-state index >= 15 is 0 Å². The van der Waals surface area contributed by atoms with Gasteiger partial charge in [0.15, 0.2) is 0 Å². The minimum atomic E-state index is -1.02. The van der Waals surface area contributed by atoms with E-state index in [4.69, 9.17) is 5.11 Å². The first kappa shape index (κ1) is 13.3. The normalized spacial score (nSPS) is 11.2. The zero-order valence-electron chi connectivity index (χ0n) is 11.8. The summed E-state index contributed by atoms with van der Waals surface area (Å²) in [7, 11) is 0. The second-order valence-corrected chi connectivity index (χ2v) is 5.29. The van der Waals surface area contributed by atoms with Crippen LogP contribution in [0.4, 0.5) is 0 Å². The van der Waals surface area contributed by atoms with Gasteiger partial charge in [0.25, 0.3) is 0 Å². The molecule has 0 unspecified atom stereocenters. The molecule has 2 heterocycles. The molecule has 0 atom stereocenters. The maximum absolute atomic E-state index is 10.9. The molecular weight excluding hydrogens is 266 g/mol. The Morgan fingerprint density at radius 1 is 1.24 bits per heavy atom. The van der Waals surface area contributed by atoms with E-state index in [0.29, 0.717) is 11.6 Å². The quantitative estimate of drug-likeness (QED) is 0.770. The van der Waals surface area contributed by atoms with Gasteiger partial charge in [0, 0.05) is 23.3 Å². The van der Waals surface area contributed by atoms with Crippen LogP contribution in [0.15, 0.2) is 36.7 Å². The van der Waals surface area contributed by atoms with Crippen LogP contribution in [-0.4, -0.2) is 26.3 Å². The maximum atomic E-state index is 10.9. The number of carboxylic acid groups (broad SMARTS) is 1. The van der Waals surface area contributed by atoms with Crippen LogP contribution in [0.2, 0.25) is 0 Å². The number of carbonyl (C=O) groups is 1. The van der Waals surface area contributed by atoms with Crippen LogP contribution in [0, 0.1) is 0 Å². The van der Waals surface area contributed by atoms with Gasteiger partial charge in [-0.1, -0.05) is 26.0 Å². The van der Waals surface area contributed by atoms with Crippen molar-refractivity contribution in [2.75, 3.05) is 0 Å². The number of hydrogen-bond donors (Lipinski definition) is 2. The van der Waals surface area contributed by atoms with E-state index in [9.17, 15) is 4.79 Å². The Kier molecular flexibility index (Phi) is 3.17. The molecular formula is C16H15N3O2. The molecule has 0 saturated heterocycles. The van der Waals surface area contributed by atoms with Crippen molar-refractivity contribution in [3.63, 3.8) is 0 Å². The highest BCUT2D eigenvalue weighted by molar-refractivity contribution is 5.90. The second-order valence-electron chi connectivity index (χ2n) is 5.29. The first-order valence-electron chi connectivity index (χ1n) is 6.73. The van der Waals surface area contributed by atoms with Crippen molar-refractivity contribution < 1.29 is 9.90 Å². The van der Waals surface area contributed by atoms with Gasteiger partial charge in [0.2, 0.25) is 0 Å². The molecule has 0 saturated carbocycles. The third-order valence-electron chi connectivity index (χ3n) is 3.52. The lowest BCUT2D eigenvalue weighted by atomic mass is 9.97. The minimum Gasteiger partial charge on any atom is -0.477 e. The molecule has 2 N–H and O–H groups in total. The van der Waals surface area contributed by atoms with E-state index in [2.05, 4.69) is 29.0 Å². The third kappa shape index (κ3) is 2.38. The van der Waals surface area contributed by atoms with Crippen LogP contribution in [0.1, 0.15) is 35.8 Å². The fourth-order valence-electron chi connectivity index (χ4n) is 2.40. The molecule has 0 aliphatic heterocycles. The Bertz CT molecular complexity index is 821. The zero-order valence-corrected chi connectivity index (χ0v) is 11.8. The first-order chi connectivity index (χ1) is 10.1. The number of nitrogens with zero attached hydrogens (tertiary/aromatic N) is 2. The summed E-state index contributed by atoms with van der Waals surface area (Å²) >= 11 is 0. The van der Waals surface area contributed by atoms with Crippen LogP contribution in [0.25, 0.3) is 22.0 Å². The lowest BCUT2D eigenvalue weighted by Gasteiger charge is -2.09. The minimum absolute atomic E-state index is 0.0825. The van der Waals surface area contributed by atoms with Gasteiger partial charge in [-0.05, 0) is 29.0 Å². The van der Waals surface area contributed by atoms with Gasteiger partial charge in [0.05, 0.1) is 5.69 Å². The molecule has 0 bridgehead atoms. The monoisotopic (exact) mass is 281 g/mol. The molecule has 2 aromatic heterocycles. The largest absolute Gasteiger partial charge is 0.477 e. The predicted octanol–water partition coefficient (Wildman–Crippen LogP) is 3.45. The number of benzene rings is 1. The molecule has 0 amide bonds. The molecule has 5 nitrogen and oxygen atoms in total. The van der Waals surface area contributed by atoms with E-state index in [-0.39, 0.29) is 5.69 Å². The Morgan fingerprint density at radius 3 is 2.71 bits per heavy atom. The summed E-state index contributed by atoms with van der Waals surface area (Å²) in [5, 5.41) is 17.7. The number of rotatable bonds is 3. The smallest absolute Gasteiger partial charge is 0.353 e. The predicted molar refractivity (Wildman–Crippen MR) is 80.4 cm³/mol. The van der Waals surface area contributed by atoms with E-state index in [1.54, 1.807) is 0 Å². The maximum Gasteiger partial charge on any atom is 0.353 e. The summed E-state index contributed by atoms with van der Waals surface area (Å²) in [5.41, 5.74) is 2.77. The number of nitrogens with one attached hydrogen (secondary N) is 1. The number of hydrogen-bond acceptors (Lipinski definition) is 3. The highest BCUT2D eigenvalue weighted by Crippen LogP contribution is 2.28. The number of carboxylic acids is 1. The Balaban J connectivity index is 2.10. The zero-order chi connectivity index (χ0) is 15.0. The van der Waals surface area contributed by atoms with Crippen molar-refractivity contribution in [3.05, 3.63) is 47.9 Å². The molecule has 3 aromatic rings. The molecule has 0 spiro atoms. The topological polar surface area (TPSA) is 78.9 Å². The number of aromatic nitrogens is 3. The number of H-pyrrole nitrogens is 1. The van der Waals surface area contributed by atoms with Crippen LogP contribution >= 0.6 is 0 Å². The second kappa shape index (κ2) is 5.01. The van der Waals surface area contributed by atoms with Gasteiger partial charge >= 0.3 is 5.97 Å². The van der Waals surface area contributed by atoms with Crippen molar-refractivity contribution in [1.82, 2.24) is 15.2 Å². The number of aromatic amines is 1. The molecule has 106 valence electrons. The summed E-state index contributed by atoms with van der Waals surface area (Å²) in [6.45, 7) is 4.27. The van der Waals surface area contributed by atoms with Gasteiger partial charge < -0.3 is 5.11 Å². The summed E-state index contributed by atoms with van der Waals surface area (Å²) in [4.78, 5) is 15.2. The van der Waals surface area contributed by atoms with Crippen molar-refractivity contribution in [2.45, 2.75) is 19.8 Å². The molecule has 21 heavy (non-hydrogen) atoms. The lowest BCUT2D eigenvalue weighted by molar-refractivity contribution is 0.0690. The average molecular weight is 281 g/mol. The van der Waals surface area contributed by atoms with E-state index in [1.807, 2.05) is 30.6 Å². The number of pyridine rings is 1. The van der Waals surface area contributed by atoms with Crippen LogP contribution in [0.5, 0.6) is 0 Å². The van der Waals surface area contributed by atoms with Crippen molar-refractivity contribution in [1.29, 1.82) is 0 Å². The van der Waals surface area contributed by atoms with Crippen molar-refractivity contribution >= 4 is 16.7 Å². The van der Waals surface area contributed by atoms with Crippen molar-refractivity contribution in [2.24, 2.45) is 0 Å². The standard InChI is InChI=1S/C16H15N3O2/c1-9(2)13-8-17-7-11-5-10(3-4-12(11)13)14-6-15(16(20)21)19-18-14/h3-9H,1-2H3,(H,18,19)(H,20,21). The van der Waals surface area contributed by atoms with Gasteiger partial charge in [-0.15, -0.1) is 0 Å². The van der Waals surface area contributed by atoms with Crippen LogP contribution in [-0.2, 0) is 0 Å². The Morgan fingerprint density at radius 2 is 2.05 bits per heavy atom. The summed E-state index contributed by atoms with van der Waals surface area (Å²) in [5.74, 6) is -0.616. The Hall–Kier alpha value is -2.69. The Labute approximate surface area is 121 Å². The fraction of sp³-hybridized carbons (Fsp3) is 0.188. The summed E-state index contributed by atoms with van der Waals surface area (Å²) in [6.07, 6.45) is 3.71. The highest BCUT2D eigenvalue weighted by atomic mass is 16.4. The van der Waals surface area contributed by atoms with Gasteiger partial charge in [-0.25, -0.2) is 4.79 Å². The SMILES string of the molecule is CC(C)c1cncc2cc(-c3cc(C(=O)O)[nH]n3)ccc12. The van der Waals surface area contributed by atoms with Gasteiger partial charge in [-0.3, -0.25) is 10.1 Å². The molecule has 0 radical (unpaired) electrons. The first-order valence-corrected chi connectivity index (χ1v) is 6.73. The summed E-state index contributed by atoms with van der Waals surface area (Å²) < 4.78 is 0. The molecule has 1 aromatic carbocycles. The van der Waals surface area contributed by atoms with Gasteiger partial charge in [-0.2, -0.15) is 5.10 Å². The van der Waals surface area contributed by atoms with Crippen LogP contribution in [0.3, 0.4) is 0 Å². The number of aromatic carboxylic acids is 1.